The van der Waals surface area contributed by atoms with Crippen LogP contribution in [0.15, 0.2) is 72.3 Å². The standard InChI is InChI=1S/C22H21N5O5S/c28-22(21-10-12-26(23-21)19-6-8-20(9-7-19)27(29)30)24-13-15-25(16-14-24)33(31,32)17-11-18-4-2-1-3-5-18/h1-12,17H,13-16H2/b17-11+. The van der Waals surface area contributed by atoms with Gasteiger partial charge < -0.3 is 4.90 Å². The predicted molar refractivity (Wildman–Crippen MR) is 122 cm³/mol. The summed E-state index contributed by atoms with van der Waals surface area (Å²) in [6.45, 7) is 0.885. The third kappa shape index (κ3) is 5.16. The van der Waals surface area contributed by atoms with Crippen LogP contribution in [0.2, 0.25) is 0 Å². The Hall–Kier alpha value is -3.83. The van der Waals surface area contributed by atoms with E-state index in [0.29, 0.717) is 5.69 Å². The number of rotatable bonds is 6. The van der Waals surface area contributed by atoms with E-state index in [0.717, 1.165) is 5.56 Å². The Bertz CT molecular complexity index is 1280. The van der Waals surface area contributed by atoms with Gasteiger partial charge >= 0.3 is 0 Å². The monoisotopic (exact) mass is 467 g/mol. The Labute approximate surface area is 190 Å². The number of hydrogen-bond donors (Lipinski definition) is 0. The van der Waals surface area contributed by atoms with E-state index in [1.54, 1.807) is 35.4 Å². The number of non-ortho nitro benzene ring substituents is 1. The van der Waals surface area contributed by atoms with Crippen LogP contribution >= 0.6 is 0 Å². The largest absolute Gasteiger partial charge is 0.335 e. The van der Waals surface area contributed by atoms with Gasteiger partial charge in [-0.25, -0.2) is 13.1 Å². The smallest absolute Gasteiger partial charge is 0.274 e. The molecule has 0 radical (unpaired) electrons. The molecule has 0 unspecified atom stereocenters. The van der Waals surface area contributed by atoms with Crippen molar-refractivity contribution in [2.24, 2.45) is 0 Å². The Kier molecular flexibility index (Phi) is 6.33. The number of sulfonamides is 1. The van der Waals surface area contributed by atoms with E-state index in [-0.39, 0.29) is 43.5 Å². The zero-order chi connectivity index (χ0) is 23.4. The molecule has 0 saturated carbocycles. The fraction of sp³-hybridized carbons (Fsp3) is 0.182. The Morgan fingerprint density at radius 3 is 2.27 bits per heavy atom. The molecular weight excluding hydrogens is 446 g/mol. The van der Waals surface area contributed by atoms with Crippen LogP contribution in [0, 0.1) is 10.1 Å². The van der Waals surface area contributed by atoms with Gasteiger partial charge in [0.25, 0.3) is 11.6 Å². The van der Waals surface area contributed by atoms with Crippen molar-refractivity contribution >= 4 is 27.7 Å². The number of benzene rings is 2. The summed E-state index contributed by atoms with van der Waals surface area (Å²) in [5, 5.41) is 16.3. The van der Waals surface area contributed by atoms with Crippen molar-refractivity contribution in [3.05, 3.63) is 93.6 Å². The first-order valence-electron chi connectivity index (χ1n) is 10.2. The molecule has 10 nitrogen and oxygen atoms in total. The van der Waals surface area contributed by atoms with E-state index in [9.17, 15) is 23.3 Å². The molecule has 0 aliphatic carbocycles. The van der Waals surface area contributed by atoms with Gasteiger partial charge in [0, 0.05) is 49.9 Å². The van der Waals surface area contributed by atoms with Crippen LogP contribution in [0.5, 0.6) is 0 Å². The fourth-order valence-electron chi connectivity index (χ4n) is 3.43. The van der Waals surface area contributed by atoms with Gasteiger partial charge in [-0.1, -0.05) is 30.3 Å². The van der Waals surface area contributed by atoms with Crippen LogP contribution in [-0.2, 0) is 10.0 Å². The lowest BCUT2D eigenvalue weighted by molar-refractivity contribution is -0.384. The maximum Gasteiger partial charge on any atom is 0.274 e. The highest BCUT2D eigenvalue weighted by Gasteiger charge is 2.28. The highest BCUT2D eigenvalue weighted by atomic mass is 32.2. The maximum atomic E-state index is 12.8. The molecule has 0 atom stereocenters. The van der Waals surface area contributed by atoms with Crippen molar-refractivity contribution in [2.75, 3.05) is 26.2 Å². The molecule has 1 aromatic heterocycles. The summed E-state index contributed by atoms with van der Waals surface area (Å²) in [6, 6.07) is 16.6. The number of amides is 1. The van der Waals surface area contributed by atoms with Gasteiger partial charge in [0.15, 0.2) is 5.69 Å². The van der Waals surface area contributed by atoms with Gasteiger partial charge in [-0.2, -0.15) is 9.40 Å². The van der Waals surface area contributed by atoms with E-state index in [4.69, 9.17) is 0 Å². The molecule has 1 amide bonds. The SMILES string of the molecule is O=C(c1ccn(-c2ccc([N+](=O)[O-])cc2)n1)N1CCN(S(=O)(=O)/C=C/c2ccccc2)CC1. The molecule has 3 aromatic rings. The highest BCUT2D eigenvalue weighted by molar-refractivity contribution is 7.92. The third-order valence-electron chi connectivity index (χ3n) is 5.25. The number of nitrogens with zero attached hydrogens (tertiary/aromatic N) is 5. The van der Waals surface area contributed by atoms with Crippen LogP contribution in [0.3, 0.4) is 0 Å². The summed E-state index contributed by atoms with van der Waals surface area (Å²) >= 11 is 0. The molecule has 170 valence electrons. The number of aromatic nitrogens is 2. The zero-order valence-corrected chi connectivity index (χ0v) is 18.3. The Morgan fingerprint density at radius 2 is 1.64 bits per heavy atom. The molecule has 4 rings (SSSR count). The van der Waals surface area contributed by atoms with E-state index in [2.05, 4.69) is 5.10 Å². The lowest BCUT2D eigenvalue weighted by Crippen LogP contribution is -2.50. The van der Waals surface area contributed by atoms with Gasteiger partial charge in [-0.15, -0.1) is 0 Å². The van der Waals surface area contributed by atoms with Crippen LogP contribution in [0.25, 0.3) is 11.8 Å². The molecule has 0 bridgehead atoms. The second-order valence-electron chi connectivity index (χ2n) is 7.37. The van der Waals surface area contributed by atoms with Crippen LogP contribution < -0.4 is 0 Å². The number of piperazine rings is 1. The minimum absolute atomic E-state index is 0.0337. The minimum Gasteiger partial charge on any atom is -0.335 e. The molecule has 2 heterocycles. The molecule has 2 aromatic carbocycles. The lowest BCUT2D eigenvalue weighted by Gasteiger charge is -2.32. The van der Waals surface area contributed by atoms with Crippen LogP contribution in [0.4, 0.5) is 5.69 Å². The van der Waals surface area contributed by atoms with Crippen LogP contribution in [0.1, 0.15) is 16.1 Å². The average molecular weight is 468 g/mol. The summed E-state index contributed by atoms with van der Waals surface area (Å²) in [7, 11) is -3.59. The molecule has 0 spiro atoms. The lowest BCUT2D eigenvalue weighted by atomic mass is 10.2. The first-order valence-corrected chi connectivity index (χ1v) is 11.7. The fourth-order valence-corrected chi connectivity index (χ4v) is 4.60. The molecule has 0 N–H and O–H groups in total. The van der Waals surface area contributed by atoms with Gasteiger partial charge in [0.1, 0.15) is 0 Å². The first kappa shape index (κ1) is 22.4. The van der Waals surface area contributed by atoms with Crippen LogP contribution in [-0.4, -0.2) is 64.4 Å². The number of carbonyl (C=O) groups is 1. The molecule has 1 aliphatic rings. The number of nitro benzene ring substituents is 1. The van der Waals surface area contributed by atoms with Crippen molar-refractivity contribution in [2.45, 2.75) is 0 Å². The number of carbonyl (C=O) groups excluding carboxylic acids is 1. The average Bonchev–Trinajstić information content (AvgIpc) is 3.33. The maximum absolute atomic E-state index is 12.8. The predicted octanol–water partition coefficient (Wildman–Crippen LogP) is 2.54. The van der Waals surface area contributed by atoms with Crippen molar-refractivity contribution < 1.29 is 18.1 Å². The summed E-state index contributed by atoms with van der Waals surface area (Å²) in [6.07, 6.45) is 3.15. The van der Waals surface area contributed by atoms with Gasteiger partial charge in [0.2, 0.25) is 10.0 Å². The third-order valence-corrected chi connectivity index (χ3v) is 6.82. The van der Waals surface area contributed by atoms with E-state index in [1.807, 2.05) is 30.3 Å². The molecule has 1 fully saturated rings. The zero-order valence-electron chi connectivity index (χ0n) is 17.5. The second kappa shape index (κ2) is 9.35. The molecule has 1 saturated heterocycles. The summed E-state index contributed by atoms with van der Waals surface area (Å²) in [4.78, 5) is 24.7. The van der Waals surface area contributed by atoms with Crippen molar-refractivity contribution in [1.29, 1.82) is 0 Å². The first-order chi connectivity index (χ1) is 15.8. The number of hydrogen-bond acceptors (Lipinski definition) is 6. The quantitative estimate of drug-likeness (QED) is 0.406. The molecule has 1 aliphatic heterocycles. The van der Waals surface area contributed by atoms with E-state index in [1.165, 1.54) is 26.5 Å². The highest BCUT2D eigenvalue weighted by Crippen LogP contribution is 2.17. The normalized spacial score (nSPS) is 15.1. The summed E-state index contributed by atoms with van der Waals surface area (Å²) in [5.74, 6) is -0.299. The molecule has 33 heavy (non-hydrogen) atoms. The second-order valence-corrected chi connectivity index (χ2v) is 9.19. The molecular formula is C22H21N5O5S. The minimum atomic E-state index is -3.59. The Balaban J connectivity index is 1.37. The van der Waals surface area contributed by atoms with Gasteiger partial charge in [-0.05, 0) is 29.8 Å². The van der Waals surface area contributed by atoms with E-state index < -0.39 is 14.9 Å². The Morgan fingerprint density at radius 1 is 0.970 bits per heavy atom. The topological polar surface area (TPSA) is 119 Å². The van der Waals surface area contributed by atoms with Gasteiger partial charge in [-0.3, -0.25) is 14.9 Å². The molecule has 11 heteroatoms. The number of nitro groups is 1. The van der Waals surface area contributed by atoms with Crippen molar-refractivity contribution in [3.63, 3.8) is 0 Å². The summed E-state index contributed by atoms with van der Waals surface area (Å²) < 4.78 is 28.0. The van der Waals surface area contributed by atoms with Crippen molar-refractivity contribution in [1.82, 2.24) is 19.0 Å². The van der Waals surface area contributed by atoms with Crippen molar-refractivity contribution in [3.8, 4) is 5.69 Å². The summed E-state index contributed by atoms with van der Waals surface area (Å²) in [5.41, 5.74) is 1.56. The van der Waals surface area contributed by atoms with Gasteiger partial charge in [0.05, 0.1) is 10.6 Å². The van der Waals surface area contributed by atoms with E-state index >= 15 is 0 Å².